The van der Waals surface area contributed by atoms with E-state index in [0.29, 0.717) is 4.86 Å². The van der Waals surface area contributed by atoms with Gasteiger partial charge in [-0.2, -0.15) is 5.26 Å². The van der Waals surface area contributed by atoms with E-state index in [4.69, 9.17) is 5.26 Å². The predicted octanol–water partition coefficient (Wildman–Crippen LogP) is 2.05. The lowest BCUT2D eigenvalue weighted by atomic mass is 10.1. The SMILES string of the molecule is CC(C)(C#N)N=[N+]([O-])C(C)(C)C. The topological polar surface area (TPSA) is 62.2 Å². The van der Waals surface area contributed by atoms with Gasteiger partial charge in [0.25, 0.3) is 0 Å². The normalized spacial score (nSPS) is 14.2. The van der Waals surface area contributed by atoms with E-state index in [1.54, 1.807) is 34.6 Å². The second kappa shape index (κ2) is 3.10. The van der Waals surface area contributed by atoms with Gasteiger partial charge in [0.1, 0.15) is 0 Å². The Bertz CT molecular complexity index is 230. The fourth-order valence-corrected chi connectivity index (χ4v) is 0.399. The molecule has 0 aromatic carbocycles. The quantitative estimate of drug-likeness (QED) is 0.342. The fraction of sp³-hybridized carbons (Fsp3) is 0.875. The van der Waals surface area contributed by atoms with E-state index in [0.717, 1.165) is 0 Å². The van der Waals surface area contributed by atoms with Crippen LogP contribution in [0.1, 0.15) is 34.6 Å². The van der Waals surface area contributed by atoms with Crippen LogP contribution in [0.3, 0.4) is 0 Å². The van der Waals surface area contributed by atoms with Crippen molar-refractivity contribution in [1.82, 2.24) is 0 Å². The molecule has 4 nitrogen and oxygen atoms in total. The summed E-state index contributed by atoms with van der Waals surface area (Å²) in [5.74, 6) is 0. The van der Waals surface area contributed by atoms with Gasteiger partial charge in [0.2, 0.25) is 5.54 Å². The zero-order valence-corrected chi connectivity index (χ0v) is 8.25. The Balaban J connectivity index is 4.72. The van der Waals surface area contributed by atoms with Crippen LogP contribution >= 0.6 is 0 Å². The van der Waals surface area contributed by atoms with Gasteiger partial charge < -0.3 is 5.21 Å². The van der Waals surface area contributed by atoms with E-state index in [-0.39, 0.29) is 0 Å². The molecule has 0 atom stereocenters. The van der Waals surface area contributed by atoms with Gasteiger partial charge in [-0.1, -0.05) is 4.86 Å². The number of hydroxylamine groups is 1. The molecule has 0 aliphatic heterocycles. The third kappa shape index (κ3) is 3.33. The molecular weight excluding hydrogens is 154 g/mol. The smallest absolute Gasteiger partial charge is 0.204 e. The maximum Gasteiger partial charge on any atom is 0.204 e. The maximum atomic E-state index is 11.2. The molecule has 0 unspecified atom stereocenters. The van der Waals surface area contributed by atoms with Crippen molar-refractivity contribution in [2.24, 2.45) is 5.11 Å². The van der Waals surface area contributed by atoms with Crippen LogP contribution in [0.5, 0.6) is 0 Å². The van der Waals surface area contributed by atoms with E-state index >= 15 is 0 Å². The molecule has 0 aliphatic carbocycles. The highest BCUT2D eigenvalue weighted by molar-refractivity contribution is 4.98. The molecule has 0 N–H and O–H groups in total. The third-order valence-corrected chi connectivity index (χ3v) is 1.19. The summed E-state index contributed by atoms with van der Waals surface area (Å²) in [4.78, 5) is 0.580. The van der Waals surface area contributed by atoms with Gasteiger partial charge in [-0.15, -0.1) is 0 Å². The minimum Gasteiger partial charge on any atom is -0.599 e. The summed E-state index contributed by atoms with van der Waals surface area (Å²) in [7, 11) is 0. The summed E-state index contributed by atoms with van der Waals surface area (Å²) in [6, 6.07) is 1.94. The van der Waals surface area contributed by atoms with Gasteiger partial charge in [-0.25, -0.2) is 0 Å². The number of nitrogens with zero attached hydrogens (tertiary/aromatic N) is 3. The van der Waals surface area contributed by atoms with Gasteiger partial charge in [0, 0.05) is 20.8 Å². The molecule has 12 heavy (non-hydrogen) atoms. The first-order chi connectivity index (χ1) is 5.19. The van der Waals surface area contributed by atoms with Gasteiger partial charge in [-0.05, 0) is 19.0 Å². The molecule has 0 amide bonds. The van der Waals surface area contributed by atoms with Crippen molar-refractivity contribution in [3.8, 4) is 6.07 Å². The standard InChI is InChI=1S/C8H15N3O/c1-7(2,3)11(12)10-8(4,5)6-9/h1-5H3. The average Bonchev–Trinajstić information content (AvgIpc) is 1.85. The highest BCUT2D eigenvalue weighted by atomic mass is 16.5. The Morgan fingerprint density at radius 1 is 1.25 bits per heavy atom. The van der Waals surface area contributed by atoms with Crippen LogP contribution in [0.25, 0.3) is 0 Å². The summed E-state index contributed by atoms with van der Waals surface area (Å²) in [6.45, 7) is 8.44. The number of nitriles is 1. The van der Waals surface area contributed by atoms with Crippen molar-refractivity contribution >= 4 is 0 Å². The monoisotopic (exact) mass is 169 g/mol. The fourth-order valence-electron chi connectivity index (χ4n) is 0.399. The van der Waals surface area contributed by atoms with Crippen molar-refractivity contribution in [2.75, 3.05) is 0 Å². The highest BCUT2D eigenvalue weighted by Gasteiger charge is 2.26. The lowest BCUT2D eigenvalue weighted by Crippen LogP contribution is -2.30. The third-order valence-electron chi connectivity index (χ3n) is 1.19. The van der Waals surface area contributed by atoms with Gasteiger partial charge >= 0.3 is 0 Å². The summed E-state index contributed by atoms with van der Waals surface area (Å²) < 4.78 is 0. The van der Waals surface area contributed by atoms with Gasteiger partial charge in [-0.3, -0.25) is 0 Å². The number of rotatable bonds is 1. The van der Waals surface area contributed by atoms with E-state index in [1.165, 1.54) is 0 Å². The molecule has 0 aliphatic rings. The first-order valence-electron chi connectivity index (χ1n) is 3.80. The van der Waals surface area contributed by atoms with Crippen molar-refractivity contribution in [3.63, 3.8) is 0 Å². The lowest BCUT2D eigenvalue weighted by Gasteiger charge is -2.17. The minimum absolute atomic E-state index is 0.575. The van der Waals surface area contributed by atoms with Gasteiger partial charge in [0.05, 0.1) is 6.07 Å². The first-order valence-corrected chi connectivity index (χ1v) is 3.80. The molecule has 0 aromatic heterocycles. The molecule has 0 bridgehead atoms. The first kappa shape index (κ1) is 10.9. The van der Waals surface area contributed by atoms with E-state index in [1.807, 2.05) is 6.07 Å². The average molecular weight is 169 g/mol. The minimum atomic E-state index is -0.935. The number of azo groups is 1. The number of hydrogen-bond donors (Lipinski definition) is 0. The van der Waals surface area contributed by atoms with Crippen LogP contribution in [0.4, 0.5) is 0 Å². The molecule has 0 saturated carbocycles. The molecule has 4 heteroatoms. The molecule has 0 rings (SSSR count). The molecule has 0 heterocycles. The Labute approximate surface area is 73.1 Å². The molecule has 0 saturated heterocycles. The van der Waals surface area contributed by atoms with Crippen LogP contribution < -0.4 is 0 Å². The van der Waals surface area contributed by atoms with Crippen LogP contribution in [0.2, 0.25) is 0 Å². The Kier molecular flexibility index (Phi) is 2.81. The van der Waals surface area contributed by atoms with E-state index in [9.17, 15) is 5.21 Å². The molecule has 68 valence electrons. The largest absolute Gasteiger partial charge is 0.599 e. The van der Waals surface area contributed by atoms with E-state index in [2.05, 4.69) is 5.11 Å². The predicted molar refractivity (Wildman–Crippen MR) is 45.5 cm³/mol. The van der Waals surface area contributed by atoms with Crippen molar-refractivity contribution in [3.05, 3.63) is 5.21 Å². The maximum absolute atomic E-state index is 11.2. The van der Waals surface area contributed by atoms with Crippen molar-refractivity contribution in [1.29, 1.82) is 5.26 Å². The summed E-state index contributed by atoms with van der Waals surface area (Å²) in [5, 5.41) is 23.6. The zero-order valence-electron chi connectivity index (χ0n) is 8.25. The van der Waals surface area contributed by atoms with Crippen molar-refractivity contribution in [2.45, 2.75) is 45.7 Å². The highest BCUT2D eigenvalue weighted by Crippen LogP contribution is 2.12. The Morgan fingerprint density at radius 3 is 1.92 bits per heavy atom. The molecule has 0 spiro atoms. The Morgan fingerprint density at radius 2 is 1.67 bits per heavy atom. The summed E-state index contributed by atoms with van der Waals surface area (Å²) in [6.07, 6.45) is 0. The van der Waals surface area contributed by atoms with Crippen molar-refractivity contribution < 1.29 is 4.86 Å². The van der Waals surface area contributed by atoms with Crippen LogP contribution in [-0.4, -0.2) is 15.9 Å². The molecule has 0 fully saturated rings. The summed E-state index contributed by atoms with van der Waals surface area (Å²) >= 11 is 0. The second-order valence-electron chi connectivity index (χ2n) is 4.21. The van der Waals surface area contributed by atoms with Crippen LogP contribution in [-0.2, 0) is 0 Å². The van der Waals surface area contributed by atoms with E-state index < -0.39 is 11.1 Å². The zero-order chi connectivity index (χ0) is 9.99. The molecule has 0 aromatic rings. The lowest BCUT2D eigenvalue weighted by molar-refractivity contribution is -0.603. The molecule has 0 radical (unpaired) electrons. The van der Waals surface area contributed by atoms with Crippen LogP contribution in [0.15, 0.2) is 5.11 Å². The van der Waals surface area contributed by atoms with Crippen LogP contribution in [0, 0.1) is 16.5 Å². The Hall–Kier alpha value is -1.11. The molecular formula is C8H15N3O. The number of hydrogen-bond acceptors (Lipinski definition) is 3. The second-order valence-corrected chi connectivity index (χ2v) is 4.21. The summed E-state index contributed by atoms with van der Waals surface area (Å²) in [5.41, 5.74) is -1.51. The van der Waals surface area contributed by atoms with Gasteiger partial charge in [0.15, 0.2) is 5.54 Å².